The van der Waals surface area contributed by atoms with Crippen molar-refractivity contribution in [3.63, 3.8) is 0 Å². The number of nitrogens with two attached hydrogens (primary N) is 1. The largest absolute Gasteiger partial charge is 0.351 e. The lowest BCUT2D eigenvalue weighted by Crippen LogP contribution is -2.62. The topological polar surface area (TPSA) is 109 Å². The zero-order valence-electron chi connectivity index (χ0n) is 8.05. The predicted octanol–water partition coefficient (Wildman–Crippen LogP) is -1.88. The molecule has 1 rings (SSSR count). The molecule has 3 amide bonds. The minimum absolute atomic E-state index is 0.0928. The van der Waals surface area contributed by atoms with Crippen molar-refractivity contribution in [2.24, 2.45) is 10.7 Å². The molecule has 14 heavy (non-hydrogen) atoms. The van der Waals surface area contributed by atoms with Crippen molar-refractivity contribution in [2.45, 2.75) is 12.5 Å². The average Bonchev–Trinajstić information content (AvgIpc) is 2.11. The summed E-state index contributed by atoms with van der Waals surface area (Å²) in [6.07, 6.45) is 0. The second-order valence-electron chi connectivity index (χ2n) is 3.19. The molecule has 0 aromatic heterocycles. The highest BCUT2D eigenvalue weighted by Crippen LogP contribution is 2.07. The smallest absolute Gasteiger partial charge is 0.318 e. The number of guanidine groups is 1. The van der Waals surface area contributed by atoms with Crippen molar-refractivity contribution in [3.8, 4) is 0 Å². The van der Waals surface area contributed by atoms with Crippen LogP contribution in [-0.2, 0) is 4.79 Å². The van der Waals surface area contributed by atoms with Crippen LogP contribution in [0.1, 0.15) is 6.92 Å². The van der Waals surface area contributed by atoms with Crippen LogP contribution in [0.5, 0.6) is 0 Å². The number of urea groups is 1. The quantitative estimate of drug-likeness (QED) is 0.396. The molecule has 0 unspecified atom stereocenters. The highest BCUT2D eigenvalue weighted by atomic mass is 16.2. The summed E-state index contributed by atoms with van der Waals surface area (Å²) in [5.74, 6) is -0.158. The van der Waals surface area contributed by atoms with Gasteiger partial charge < -0.3 is 11.1 Å². The van der Waals surface area contributed by atoms with Crippen molar-refractivity contribution >= 4 is 17.9 Å². The van der Waals surface area contributed by atoms with Crippen molar-refractivity contribution in [3.05, 3.63) is 0 Å². The molecule has 0 bridgehead atoms. The highest BCUT2D eigenvalue weighted by molar-refractivity contribution is 6.07. The SMILES string of the molecule is CN[C@]1(C)CN=C(NC(N)=O)NC1=O. The maximum atomic E-state index is 11.5. The number of likely N-dealkylation sites (N-methyl/N-ethyl adjacent to an activating group) is 1. The van der Waals surface area contributed by atoms with Gasteiger partial charge in [0.15, 0.2) is 0 Å². The molecule has 0 aliphatic carbocycles. The minimum Gasteiger partial charge on any atom is -0.351 e. The molecule has 1 aliphatic rings. The lowest BCUT2D eigenvalue weighted by atomic mass is 10.0. The number of amides is 3. The average molecular weight is 199 g/mol. The van der Waals surface area contributed by atoms with Crippen LogP contribution in [0.25, 0.3) is 0 Å². The molecule has 78 valence electrons. The van der Waals surface area contributed by atoms with Gasteiger partial charge >= 0.3 is 6.03 Å². The summed E-state index contributed by atoms with van der Waals surface area (Å²) < 4.78 is 0. The lowest BCUT2D eigenvalue weighted by Gasteiger charge is -2.30. The molecule has 7 nitrogen and oxygen atoms in total. The van der Waals surface area contributed by atoms with E-state index in [-0.39, 0.29) is 18.4 Å². The van der Waals surface area contributed by atoms with Gasteiger partial charge in [0, 0.05) is 0 Å². The van der Waals surface area contributed by atoms with Gasteiger partial charge in [-0.2, -0.15) is 0 Å². The summed E-state index contributed by atoms with van der Waals surface area (Å²) >= 11 is 0. The zero-order chi connectivity index (χ0) is 10.8. The molecule has 0 radical (unpaired) electrons. The minimum atomic E-state index is -0.753. The summed E-state index contributed by atoms with van der Waals surface area (Å²) in [6.45, 7) is 1.97. The summed E-state index contributed by atoms with van der Waals surface area (Å²) in [6, 6.07) is -0.753. The Kier molecular flexibility index (Phi) is 2.70. The van der Waals surface area contributed by atoms with Gasteiger partial charge in [-0.15, -0.1) is 0 Å². The molecule has 0 fully saturated rings. The number of primary amides is 1. The Bertz CT molecular complexity index is 300. The molecule has 0 saturated heterocycles. The number of aliphatic imine (C=N–C) groups is 1. The third kappa shape index (κ3) is 1.99. The normalized spacial score (nSPS) is 26.4. The van der Waals surface area contributed by atoms with Gasteiger partial charge in [0.1, 0.15) is 5.54 Å². The van der Waals surface area contributed by atoms with E-state index in [4.69, 9.17) is 5.73 Å². The molecule has 5 N–H and O–H groups in total. The van der Waals surface area contributed by atoms with Crippen LogP contribution in [0.4, 0.5) is 4.79 Å². The van der Waals surface area contributed by atoms with Gasteiger partial charge in [-0.05, 0) is 14.0 Å². The number of nitrogens with zero attached hydrogens (tertiary/aromatic N) is 1. The summed E-state index contributed by atoms with van der Waals surface area (Å²) in [7, 11) is 1.67. The number of carbonyl (C=O) groups is 2. The first-order valence-corrected chi connectivity index (χ1v) is 4.09. The molecule has 7 heteroatoms. The molecule has 0 spiro atoms. The lowest BCUT2D eigenvalue weighted by molar-refractivity contribution is -0.125. The van der Waals surface area contributed by atoms with E-state index in [0.29, 0.717) is 0 Å². The van der Waals surface area contributed by atoms with E-state index in [1.54, 1.807) is 14.0 Å². The van der Waals surface area contributed by atoms with Crippen LogP contribution in [0, 0.1) is 0 Å². The van der Waals surface area contributed by atoms with Gasteiger partial charge in [-0.1, -0.05) is 0 Å². The molecule has 0 saturated carbocycles. The molecular weight excluding hydrogens is 186 g/mol. The van der Waals surface area contributed by atoms with Crippen LogP contribution in [0.3, 0.4) is 0 Å². The Morgan fingerprint density at radius 1 is 1.71 bits per heavy atom. The van der Waals surface area contributed by atoms with E-state index in [0.717, 1.165) is 0 Å². The van der Waals surface area contributed by atoms with Gasteiger partial charge in [0.25, 0.3) is 0 Å². The van der Waals surface area contributed by atoms with E-state index in [2.05, 4.69) is 20.9 Å². The van der Waals surface area contributed by atoms with Gasteiger partial charge in [0.2, 0.25) is 11.9 Å². The van der Waals surface area contributed by atoms with Crippen molar-refractivity contribution in [1.29, 1.82) is 0 Å². The third-order valence-electron chi connectivity index (χ3n) is 2.08. The Morgan fingerprint density at radius 2 is 2.36 bits per heavy atom. The van der Waals surface area contributed by atoms with E-state index < -0.39 is 11.6 Å². The summed E-state index contributed by atoms with van der Waals surface area (Å²) in [5, 5.41) is 7.47. The van der Waals surface area contributed by atoms with Crippen molar-refractivity contribution in [2.75, 3.05) is 13.6 Å². The molecular formula is C7H13N5O2. The number of hydrogen-bond acceptors (Lipinski definition) is 4. The van der Waals surface area contributed by atoms with E-state index in [1.807, 2.05) is 0 Å². The predicted molar refractivity (Wildman–Crippen MR) is 50.6 cm³/mol. The first kappa shape index (κ1) is 10.5. The monoisotopic (exact) mass is 199 g/mol. The fourth-order valence-corrected chi connectivity index (χ4v) is 0.974. The van der Waals surface area contributed by atoms with E-state index in [1.165, 1.54) is 0 Å². The van der Waals surface area contributed by atoms with Gasteiger partial charge in [-0.3, -0.25) is 20.4 Å². The third-order valence-corrected chi connectivity index (χ3v) is 2.08. The first-order chi connectivity index (χ1) is 6.48. The van der Waals surface area contributed by atoms with Crippen molar-refractivity contribution < 1.29 is 9.59 Å². The van der Waals surface area contributed by atoms with Crippen LogP contribution in [0.15, 0.2) is 4.99 Å². The molecule has 1 aliphatic heterocycles. The van der Waals surface area contributed by atoms with E-state index in [9.17, 15) is 9.59 Å². The molecule has 0 aromatic rings. The second kappa shape index (κ2) is 3.62. The summed E-state index contributed by atoms with van der Waals surface area (Å²) in [5.41, 5.74) is 4.14. The maximum Gasteiger partial charge on any atom is 0.318 e. The van der Waals surface area contributed by atoms with Crippen LogP contribution in [-0.4, -0.2) is 37.0 Å². The standard InChI is InChI=1S/C7H13N5O2/c1-7(9-2)3-10-6(11-4(7)13)12-5(8)14/h9H,3H2,1-2H3,(H4,8,10,11,12,13,14)/t7-/m1/s1. The van der Waals surface area contributed by atoms with Crippen LogP contribution in [0.2, 0.25) is 0 Å². The van der Waals surface area contributed by atoms with E-state index >= 15 is 0 Å². The number of rotatable bonds is 1. The second-order valence-corrected chi connectivity index (χ2v) is 3.19. The first-order valence-electron chi connectivity index (χ1n) is 4.09. The fourth-order valence-electron chi connectivity index (χ4n) is 0.974. The molecule has 1 heterocycles. The Hall–Kier alpha value is -1.63. The van der Waals surface area contributed by atoms with Crippen LogP contribution >= 0.6 is 0 Å². The van der Waals surface area contributed by atoms with Crippen LogP contribution < -0.4 is 21.7 Å². The zero-order valence-corrected chi connectivity index (χ0v) is 8.05. The number of hydrogen-bond donors (Lipinski definition) is 4. The van der Waals surface area contributed by atoms with Crippen molar-refractivity contribution in [1.82, 2.24) is 16.0 Å². The maximum absolute atomic E-state index is 11.5. The Balaban J connectivity index is 2.72. The number of carbonyl (C=O) groups excluding carboxylic acids is 2. The fraction of sp³-hybridized carbons (Fsp3) is 0.571. The van der Waals surface area contributed by atoms with Gasteiger partial charge in [0.05, 0.1) is 6.54 Å². The Labute approximate surface area is 81.1 Å². The molecule has 1 atom stereocenters. The summed E-state index contributed by atoms with van der Waals surface area (Å²) in [4.78, 5) is 25.9. The number of nitrogens with one attached hydrogen (secondary N) is 3. The Morgan fingerprint density at radius 3 is 2.79 bits per heavy atom. The van der Waals surface area contributed by atoms with Gasteiger partial charge in [-0.25, -0.2) is 4.79 Å². The highest BCUT2D eigenvalue weighted by Gasteiger charge is 2.35. The molecule has 0 aromatic carbocycles.